The van der Waals surface area contributed by atoms with E-state index in [2.05, 4.69) is 26.7 Å². The zero-order chi connectivity index (χ0) is 7.72. The lowest BCUT2D eigenvalue weighted by molar-refractivity contribution is 0.479. The van der Waals surface area contributed by atoms with E-state index in [0.717, 1.165) is 17.8 Å². The first-order valence-corrected chi connectivity index (χ1v) is 4.13. The van der Waals surface area contributed by atoms with Crippen molar-refractivity contribution in [2.24, 2.45) is 23.7 Å². The Morgan fingerprint density at radius 3 is 2.20 bits per heavy atom. The number of terminal acetylenes is 1. The van der Waals surface area contributed by atoms with Crippen LogP contribution in [0.5, 0.6) is 0 Å². The maximum atomic E-state index is 5.33. The fourth-order valence-electron chi connectivity index (χ4n) is 1.70. The summed E-state index contributed by atoms with van der Waals surface area (Å²) in [5.41, 5.74) is 0. The number of hydrogen-bond donors (Lipinski definition) is 0. The Labute approximate surface area is 64.0 Å². The molecule has 56 valence electrons. The number of rotatable bonds is 2. The molecule has 0 aromatic rings. The summed E-state index contributed by atoms with van der Waals surface area (Å²) in [7, 11) is 0. The lowest BCUT2D eigenvalue weighted by atomic mass is 10.0. The maximum absolute atomic E-state index is 5.33. The lowest BCUT2D eigenvalue weighted by Gasteiger charge is -2.04. The average molecular weight is 136 g/mol. The third kappa shape index (κ3) is 1.34. The molecule has 10 heavy (non-hydrogen) atoms. The highest BCUT2D eigenvalue weighted by atomic mass is 14.5. The van der Waals surface area contributed by atoms with Crippen molar-refractivity contribution in [3.8, 4) is 12.3 Å². The van der Waals surface area contributed by atoms with Gasteiger partial charge in [-0.05, 0) is 24.2 Å². The van der Waals surface area contributed by atoms with Crippen molar-refractivity contribution in [2.75, 3.05) is 0 Å². The Morgan fingerprint density at radius 2 is 1.90 bits per heavy atom. The van der Waals surface area contributed by atoms with Crippen molar-refractivity contribution in [2.45, 2.75) is 27.2 Å². The summed E-state index contributed by atoms with van der Waals surface area (Å²) in [6, 6.07) is 0. The van der Waals surface area contributed by atoms with Crippen LogP contribution in [0.25, 0.3) is 0 Å². The van der Waals surface area contributed by atoms with Gasteiger partial charge in [0.15, 0.2) is 0 Å². The lowest BCUT2D eigenvalue weighted by Crippen LogP contribution is -1.99. The average Bonchev–Trinajstić information content (AvgIpc) is 2.64. The third-order valence-electron chi connectivity index (χ3n) is 2.65. The monoisotopic (exact) mass is 136 g/mol. The Kier molecular flexibility index (Phi) is 2.04. The van der Waals surface area contributed by atoms with Crippen molar-refractivity contribution >= 4 is 0 Å². The van der Waals surface area contributed by atoms with E-state index >= 15 is 0 Å². The molecule has 0 amide bonds. The minimum absolute atomic E-state index is 0.507. The third-order valence-corrected chi connectivity index (χ3v) is 2.65. The van der Waals surface area contributed by atoms with Crippen molar-refractivity contribution in [1.29, 1.82) is 0 Å². The minimum Gasteiger partial charge on any atom is -0.120 e. The Bertz CT molecular complexity index is 150. The first-order chi connectivity index (χ1) is 4.66. The summed E-state index contributed by atoms with van der Waals surface area (Å²) in [5, 5.41) is 0. The second-order valence-electron chi connectivity index (χ2n) is 3.76. The van der Waals surface area contributed by atoms with Crippen molar-refractivity contribution < 1.29 is 0 Å². The van der Waals surface area contributed by atoms with E-state index in [4.69, 9.17) is 6.42 Å². The smallest absolute Gasteiger partial charge is 0.0203 e. The molecule has 3 unspecified atom stereocenters. The van der Waals surface area contributed by atoms with Gasteiger partial charge < -0.3 is 0 Å². The molecular formula is C10H16. The van der Waals surface area contributed by atoms with Crippen LogP contribution in [0.3, 0.4) is 0 Å². The highest BCUT2D eigenvalue weighted by Gasteiger charge is 2.41. The molecule has 1 fully saturated rings. The molecule has 3 atom stereocenters. The van der Waals surface area contributed by atoms with Crippen molar-refractivity contribution in [1.82, 2.24) is 0 Å². The highest BCUT2D eigenvalue weighted by molar-refractivity contribution is 5.03. The summed E-state index contributed by atoms with van der Waals surface area (Å²) < 4.78 is 0. The van der Waals surface area contributed by atoms with E-state index in [-0.39, 0.29) is 0 Å². The van der Waals surface area contributed by atoms with E-state index in [1.807, 2.05) is 0 Å². The molecule has 0 radical (unpaired) electrons. The van der Waals surface area contributed by atoms with E-state index in [9.17, 15) is 0 Å². The molecule has 0 N–H and O–H groups in total. The largest absolute Gasteiger partial charge is 0.120 e. The van der Waals surface area contributed by atoms with Gasteiger partial charge >= 0.3 is 0 Å². The molecule has 1 aliphatic rings. The van der Waals surface area contributed by atoms with Gasteiger partial charge in [-0.15, -0.1) is 12.3 Å². The quantitative estimate of drug-likeness (QED) is 0.512. The van der Waals surface area contributed by atoms with Crippen LogP contribution in [0, 0.1) is 36.0 Å². The van der Waals surface area contributed by atoms with E-state index in [1.54, 1.807) is 0 Å². The van der Waals surface area contributed by atoms with Gasteiger partial charge in [0, 0.05) is 5.92 Å². The van der Waals surface area contributed by atoms with E-state index in [0.29, 0.717) is 5.92 Å². The Balaban J connectivity index is 2.33. The fraction of sp³-hybridized carbons (Fsp3) is 0.800. The normalized spacial score (nSPS) is 33.5. The fourth-order valence-corrected chi connectivity index (χ4v) is 1.70. The van der Waals surface area contributed by atoms with Gasteiger partial charge in [-0.25, -0.2) is 0 Å². The molecule has 0 saturated heterocycles. The Morgan fingerprint density at radius 1 is 1.30 bits per heavy atom. The van der Waals surface area contributed by atoms with Gasteiger partial charge in [0.25, 0.3) is 0 Å². The maximum Gasteiger partial charge on any atom is 0.0203 e. The Hall–Kier alpha value is -0.440. The second kappa shape index (κ2) is 2.66. The molecule has 0 aliphatic heterocycles. The molecule has 0 aromatic carbocycles. The predicted octanol–water partition coefficient (Wildman–Crippen LogP) is 2.55. The van der Waals surface area contributed by atoms with E-state index < -0.39 is 0 Å². The van der Waals surface area contributed by atoms with Crippen LogP contribution < -0.4 is 0 Å². The SMILES string of the molecule is C#CC(C)C1CC1C(C)C. The van der Waals surface area contributed by atoms with Crippen LogP contribution in [0.15, 0.2) is 0 Å². The molecule has 1 rings (SSSR count). The van der Waals surface area contributed by atoms with Gasteiger partial charge in [-0.1, -0.05) is 20.8 Å². The summed E-state index contributed by atoms with van der Waals surface area (Å²) in [5.74, 6) is 5.91. The molecule has 0 heteroatoms. The van der Waals surface area contributed by atoms with Gasteiger partial charge in [-0.2, -0.15) is 0 Å². The van der Waals surface area contributed by atoms with Crippen LogP contribution in [-0.4, -0.2) is 0 Å². The topological polar surface area (TPSA) is 0 Å². The zero-order valence-electron chi connectivity index (χ0n) is 7.09. The van der Waals surface area contributed by atoms with Crippen LogP contribution in [0.1, 0.15) is 27.2 Å². The van der Waals surface area contributed by atoms with Gasteiger partial charge in [-0.3, -0.25) is 0 Å². The molecular weight excluding hydrogens is 120 g/mol. The minimum atomic E-state index is 0.507. The molecule has 0 nitrogen and oxygen atoms in total. The first kappa shape index (κ1) is 7.66. The standard InChI is InChI=1S/C10H16/c1-5-8(4)10-6-9(10)7(2)3/h1,7-10H,6H2,2-4H3. The predicted molar refractivity (Wildman–Crippen MR) is 44.4 cm³/mol. The highest BCUT2D eigenvalue weighted by Crippen LogP contribution is 2.48. The van der Waals surface area contributed by atoms with Crippen molar-refractivity contribution in [3.05, 3.63) is 0 Å². The molecule has 0 bridgehead atoms. The van der Waals surface area contributed by atoms with Crippen LogP contribution in [0.2, 0.25) is 0 Å². The van der Waals surface area contributed by atoms with Gasteiger partial charge in [0.2, 0.25) is 0 Å². The molecule has 0 heterocycles. The summed E-state index contributed by atoms with van der Waals surface area (Å²) >= 11 is 0. The molecule has 1 aliphatic carbocycles. The summed E-state index contributed by atoms with van der Waals surface area (Å²) in [6.45, 7) is 6.73. The first-order valence-electron chi connectivity index (χ1n) is 4.13. The van der Waals surface area contributed by atoms with Crippen molar-refractivity contribution in [3.63, 3.8) is 0 Å². The van der Waals surface area contributed by atoms with E-state index in [1.165, 1.54) is 6.42 Å². The van der Waals surface area contributed by atoms with Crippen LogP contribution in [0.4, 0.5) is 0 Å². The zero-order valence-corrected chi connectivity index (χ0v) is 7.09. The second-order valence-corrected chi connectivity index (χ2v) is 3.76. The van der Waals surface area contributed by atoms with Crippen LogP contribution in [-0.2, 0) is 0 Å². The molecule has 0 spiro atoms. The summed E-state index contributed by atoms with van der Waals surface area (Å²) in [6.07, 6.45) is 6.69. The van der Waals surface area contributed by atoms with Crippen LogP contribution >= 0.6 is 0 Å². The van der Waals surface area contributed by atoms with Gasteiger partial charge in [0.05, 0.1) is 0 Å². The molecule has 0 aromatic heterocycles. The summed E-state index contributed by atoms with van der Waals surface area (Å²) in [4.78, 5) is 0. The number of hydrogen-bond acceptors (Lipinski definition) is 0. The van der Waals surface area contributed by atoms with Gasteiger partial charge in [0.1, 0.15) is 0 Å². The molecule has 1 saturated carbocycles.